The molecule has 1 aliphatic rings. The number of hydrogen-bond acceptors (Lipinski definition) is 3. The molecule has 84 valence electrons. The molecule has 1 atom stereocenters. The molecule has 14 heavy (non-hydrogen) atoms. The second-order valence-electron chi connectivity index (χ2n) is 3.54. The van der Waals surface area contributed by atoms with E-state index in [0.717, 1.165) is 0 Å². The molecule has 0 aromatic heterocycles. The van der Waals surface area contributed by atoms with Crippen LogP contribution in [0.25, 0.3) is 0 Å². The Labute approximate surface area is 80.8 Å². The number of halogens is 3. The molecule has 0 radical (unpaired) electrons. The van der Waals surface area contributed by atoms with Crippen LogP contribution in [0.15, 0.2) is 0 Å². The number of hydrogen-bond donors (Lipinski definition) is 2. The standard InChI is InChI=1S/C8H15F3N2O/c9-8(10,11)5-7(13-12)6-1-3-14-4-2-6/h6-7,13H,1-5,12H2. The summed E-state index contributed by atoms with van der Waals surface area (Å²) in [5, 5.41) is 0. The minimum atomic E-state index is -4.16. The summed E-state index contributed by atoms with van der Waals surface area (Å²) in [4.78, 5) is 0. The maximum Gasteiger partial charge on any atom is 0.390 e. The minimum Gasteiger partial charge on any atom is -0.381 e. The molecular weight excluding hydrogens is 197 g/mol. The Kier molecular flexibility index (Phi) is 4.15. The van der Waals surface area contributed by atoms with E-state index < -0.39 is 18.6 Å². The molecule has 0 amide bonds. The van der Waals surface area contributed by atoms with Gasteiger partial charge in [0.1, 0.15) is 0 Å². The Hall–Kier alpha value is -0.330. The van der Waals surface area contributed by atoms with Crippen LogP contribution in [0.1, 0.15) is 19.3 Å². The number of nitrogens with two attached hydrogens (primary N) is 1. The van der Waals surface area contributed by atoms with E-state index in [1.807, 2.05) is 0 Å². The van der Waals surface area contributed by atoms with Gasteiger partial charge in [0.05, 0.1) is 6.42 Å². The fourth-order valence-electron chi connectivity index (χ4n) is 1.73. The predicted octanol–water partition coefficient (Wildman–Crippen LogP) is 1.20. The van der Waals surface area contributed by atoms with Crippen LogP contribution in [0.4, 0.5) is 13.2 Å². The van der Waals surface area contributed by atoms with Crippen molar-refractivity contribution in [2.75, 3.05) is 13.2 Å². The maximum atomic E-state index is 12.1. The molecule has 0 saturated carbocycles. The number of rotatable bonds is 3. The molecule has 1 unspecified atom stereocenters. The van der Waals surface area contributed by atoms with Crippen molar-refractivity contribution in [2.45, 2.75) is 31.5 Å². The summed E-state index contributed by atoms with van der Waals surface area (Å²) in [7, 11) is 0. The number of ether oxygens (including phenoxy) is 1. The van der Waals surface area contributed by atoms with Gasteiger partial charge in [0, 0.05) is 19.3 Å². The summed E-state index contributed by atoms with van der Waals surface area (Å²) >= 11 is 0. The van der Waals surface area contributed by atoms with Gasteiger partial charge in [-0.1, -0.05) is 0 Å². The third kappa shape index (κ3) is 3.81. The first-order valence-corrected chi connectivity index (χ1v) is 4.63. The molecule has 6 heteroatoms. The second-order valence-corrected chi connectivity index (χ2v) is 3.54. The first-order chi connectivity index (χ1) is 6.53. The van der Waals surface area contributed by atoms with Crippen molar-refractivity contribution >= 4 is 0 Å². The first kappa shape index (κ1) is 11.7. The van der Waals surface area contributed by atoms with Gasteiger partial charge in [0.15, 0.2) is 0 Å². The van der Waals surface area contributed by atoms with E-state index in [4.69, 9.17) is 10.6 Å². The highest BCUT2D eigenvalue weighted by atomic mass is 19.4. The molecule has 0 aromatic carbocycles. The van der Waals surface area contributed by atoms with Crippen LogP contribution in [-0.4, -0.2) is 25.4 Å². The van der Waals surface area contributed by atoms with Gasteiger partial charge in [-0.25, -0.2) is 0 Å². The van der Waals surface area contributed by atoms with Crippen molar-refractivity contribution in [3.8, 4) is 0 Å². The van der Waals surface area contributed by atoms with Crippen LogP contribution in [0.5, 0.6) is 0 Å². The van der Waals surface area contributed by atoms with Crippen LogP contribution in [0.3, 0.4) is 0 Å². The molecule has 0 aromatic rings. The summed E-state index contributed by atoms with van der Waals surface area (Å²) in [5.41, 5.74) is 2.25. The molecule has 1 saturated heterocycles. The molecular formula is C8H15F3N2O. The third-order valence-electron chi connectivity index (χ3n) is 2.50. The van der Waals surface area contributed by atoms with Crippen molar-refractivity contribution in [1.29, 1.82) is 0 Å². The lowest BCUT2D eigenvalue weighted by molar-refractivity contribution is -0.145. The molecule has 1 fully saturated rings. The largest absolute Gasteiger partial charge is 0.390 e. The highest BCUT2D eigenvalue weighted by Gasteiger charge is 2.35. The summed E-state index contributed by atoms with van der Waals surface area (Å²) in [6.07, 6.45) is -3.74. The molecule has 0 bridgehead atoms. The summed E-state index contributed by atoms with van der Waals surface area (Å²) < 4.78 is 41.4. The van der Waals surface area contributed by atoms with E-state index in [9.17, 15) is 13.2 Å². The van der Waals surface area contributed by atoms with Gasteiger partial charge in [-0.2, -0.15) is 13.2 Å². The van der Waals surface area contributed by atoms with Crippen LogP contribution in [0, 0.1) is 5.92 Å². The van der Waals surface area contributed by atoms with Crippen LogP contribution in [0.2, 0.25) is 0 Å². The average Bonchev–Trinajstić information content (AvgIpc) is 2.14. The predicted molar refractivity (Wildman–Crippen MR) is 45.3 cm³/mol. The van der Waals surface area contributed by atoms with Gasteiger partial charge in [0.2, 0.25) is 0 Å². The van der Waals surface area contributed by atoms with Gasteiger partial charge in [-0.3, -0.25) is 11.3 Å². The fourth-order valence-corrected chi connectivity index (χ4v) is 1.73. The monoisotopic (exact) mass is 212 g/mol. The third-order valence-corrected chi connectivity index (χ3v) is 2.50. The first-order valence-electron chi connectivity index (χ1n) is 4.63. The minimum absolute atomic E-state index is 0.0321. The van der Waals surface area contributed by atoms with Crippen molar-refractivity contribution < 1.29 is 17.9 Å². The van der Waals surface area contributed by atoms with E-state index in [2.05, 4.69) is 5.43 Å². The Morgan fingerprint density at radius 1 is 1.36 bits per heavy atom. The van der Waals surface area contributed by atoms with Gasteiger partial charge in [-0.05, 0) is 18.8 Å². The molecule has 3 nitrogen and oxygen atoms in total. The second kappa shape index (κ2) is 4.95. The smallest absolute Gasteiger partial charge is 0.381 e. The Bertz CT molecular complexity index is 168. The SMILES string of the molecule is NNC(CC(F)(F)F)C1CCOCC1. The molecule has 1 aliphatic heterocycles. The number of alkyl halides is 3. The molecule has 3 N–H and O–H groups in total. The average molecular weight is 212 g/mol. The highest BCUT2D eigenvalue weighted by molar-refractivity contribution is 4.79. The zero-order valence-corrected chi connectivity index (χ0v) is 7.81. The van der Waals surface area contributed by atoms with Crippen molar-refractivity contribution in [3.05, 3.63) is 0 Å². The van der Waals surface area contributed by atoms with Gasteiger partial charge >= 0.3 is 6.18 Å². The Balaban J connectivity index is 2.43. The lowest BCUT2D eigenvalue weighted by Gasteiger charge is -2.30. The molecule has 0 spiro atoms. The highest BCUT2D eigenvalue weighted by Crippen LogP contribution is 2.28. The van der Waals surface area contributed by atoms with Crippen molar-refractivity contribution in [2.24, 2.45) is 11.8 Å². The lowest BCUT2D eigenvalue weighted by atomic mass is 9.90. The van der Waals surface area contributed by atoms with Gasteiger partial charge < -0.3 is 4.74 Å². The van der Waals surface area contributed by atoms with Crippen LogP contribution in [-0.2, 0) is 4.74 Å². The number of hydrazine groups is 1. The van der Waals surface area contributed by atoms with Crippen molar-refractivity contribution in [1.82, 2.24) is 5.43 Å². The molecule has 1 heterocycles. The topological polar surface area (TPSA) is 47.3 Å². The Morgan fingerprint density at radius 3 is 2.36 bits per heavy atom. The zero-order chi connectivity index (χ0) is 10.6. The summed E-state index contributed by atoms with van der Waals surface area (Å²) in [6.45, 7) is 1.06. The number of nitrogens with one attached hydrogen (secondary N) is 1. The van der Waals surface area contributed by atoms with Crippen molar-refractivity contribution in [3.63, 3.8) is 0 Å². The van der Waals surface area contributed by atoms with Gasteiger partial charge in [0.25, 0.3) is 0 Å². The van der Waals surface area contributed by atoms with E-state index in [0.29, 0.717) is 26.1 Å². The zero-order valence-electron chi connectivity index (χ0n) is 7.81. The van der Waals surface area contributed by atoms with Crippen LogP contribution >= 0.6 is 0 Å². The summed E-state index contributed by atoms with van der Waals surface area (Å²) in [6, 6.07) is -0.682. The molecule has 0 aliphatic carbocycles. The van der Waals surface area contributed by atoms with E-state index in [1.165, 1.54) is 0 Å². The lowest BCUT2D eigenvalue weighted by Crippen LogP contribution is -2.45. The van der Waals surface area contributed by atoms with E-state index >= 15 is 0 Å². The molecule has 1 rings (SSSR count). The quantitative estimate of drug-likeness (QED) is 0.546. The fraction of sp³-hybridized carbons (Fsp3) is 1.00. The van der Waals surface area contributed by atoms with E-state index in [-0.39, 0.29) is 5.92 Å². The van der Waals surface area contributed by atoms with Crippen LogP contribution < -0.4 is 11.3 Å². The maximum absolute atomic E-state index is 12.1. The van der Waals surface area contributed by atoms with E-state index in [1.54, 1.807) is 0 Å². The summed E-state index contributed by atoms with van der Waals surface area (Å²) in [5.74, 6) is 5.09. The Morgan fingerprint density at radius 2 is 1.93 bits per heavy atom. The van der Waals surface area contributed by atoms with Gasteiger partial charge in [-0.15, -0.1) is 0 Å². The normalized spacial score (nSPS) is 22.3.